The Labute approximate surface area is 96.7 Å². The zero-order chi connectivity index (χ0) is 12.1. The third kappa shape index (κ3) is 3.04. The summed E-state index contributed by atoms with van der Waals surface area (Å²) in [6.45, 7) is 9.39. The Hall–Kier alpha value is -1.41. The van der Waals surface area contributed by atoms with Crippen LogP contribution in [0.3, 0.4) is 0 Å². The van der Waals surface area contributed by atoms with Crippen LogP contribution in [-0.4, -0.2) is 32.3 Å². The SMILES string of the molecule is CC(C)N(CC#N)Cc1ncnn1C(C)C. The summed E-state index contributed by atoms with van der Waals surface area (Å²) < 4.78 is 1.90. The van der Waals surface area contributed by atoms with Gasteiger partial charge in [0.1, 0.15) is 12.2 Å². The summed E-state index contributed by atoms with van der Waals surface area (Å²) in [7, 11) is 0. The summed E-state index contributed by atoms with van der Waals surface area (Å²) >= 11 is 0. The molecule has 1 heterocycles. The molecule has 0 spiro atoms. The van der Waals surface area contributed by atoms with Crippen molar-refractivity contribution in [1.82, 2.24) is 19.7 Å². The van der Waals surface area contributed by atoms with Crippen molar-refractivity contribution < 1.29 is 0 Å². The highest BCUT2D eigenvalue weighted by molar-refractivity contribution is 4.89. The molecule has 0 aromatic carbocycles. The lowest BCUT2D eigenvalue weighted by atomic mass is 10.3. The Kier molecular flexibility index (Phi) is 4.44. The molecular formula is C11H19N5. The van der Waals surface area contributed by atoms with Crippen LogP contribution in [0.5, 0.6) is 0 Å². The highest BCUT2D eigenvalue weighted by atomic mass is 15.4. The molecule has 0 radical (unpaired) electrons. The number of nitrogens with zero attached hydrogens (tertiary/aromatic N) is 5. The van der Waals surface area contributed by atoms with Gasteiger partial charge in [0.05, 0.1) is 19.2 Å². The van der Waals surface area contributed by atoms with E-state index in [4.69, 9.17) is 5.26 Å². The smallest absolute Gasteiger partial charge is 0.141 e. The van der Waals surface area contributed by atoms with Crippen molar-refractivity contribution in [1.29, 1.82) is 5.26 Å². The van der Waals surface area contributed by atoms with E-state index in [-0.39, 0.29) is 0 Å². The average Bonchev–Trinajstić information content (AvgIpc) is 2.65. The molecule has 0 aliphatic carbocycles. The molecule has 5 heteroatoms. The van der Waals surface area contributed by atoms with Gasteiger partial charge < -0.3 is 0 Å². The van der Waals surface area contributed by atoms with E-state index in [9.17, 15) is 0 Å². The Balaban J connectivity index is 2.77. The minimum absolute atomic E-state index is 0.300. The molecule has 0 saturated carbocycles. The van der Waals surface area contributed by atoms with Crippen LogP contribution in [-0.2, 0) is 6.54 Å². The van der Waals surface area contributed by atoms with Crippen LogP contribution in [0.2, 0.25) is 0 Å². The Morgan fingerprint density at radius 3 is 2.62 bits per heavy atom. The molecule has 0 unspecified atom stereocenters. The largest absolute Gasteiger partial charge is 0.281 e. The van der Waals surface area contributed by atoms with Crippen molar-refractivity contribution in [3.63, 3.8) is 0 Å². The molecule has 0 bridgehead atoms. The van der Waals surface area contributed by atoms with E-state index in [0.717, 1.165) is 5.82 Å². The number of aromatic nitrogens is 3. The molecule has 0 fully saturated rings. The fourth-order valence-electron chi connectivity index (χ4n) is 1.51. The lowest BCUT2D eigenvalue weighted by Crippen LogP contribution is -2.32. The van der Waals surface area contributed by atoms with Crippen molar-refractivity contribution >= 4 is 0 Å². The maximum absolute atomic E-state index is 8.76. The van der Waals surface area contributed by atoms with Crippen molar-refractivity contribution in [2.75, 3.05) is 6.54 Å². The lowest BCUT2D eigenvalue weighted by Gasteiger charge is -2.23. The van der Waals surface area contributed by atoms with Crippen LogP contribution in [0.4, 0.5) is 0 Å². The van der Waals surface area contributed by atoms with Crippen molar-refractivity contribution in [2.24, 2.45) is 0 Å². The van der Waals surface area contributed by atoms with Gasteiger partial charge in [0.15, 0.2) is 0 Å². The topological polar surface area (TPSA) is 57.7 Å². The van der Waals surface area contributed by atoms with E-state index >= 15 is 0 Å². The van der Waals surface area contributed by atoms with Crippen LogP contribution in [0.25, 0.3) is 0 Å². The van der Waals surface area contributed by atoms with E-state index in [1.54, 1.807) is 6.33 Å². The van der Waals surface area contributed by atoms with Gasteiger partial charge >= 0.3 is 0 Å². The highest BCUT2D eigenvalue weighted by Crippen LogP contribution is 2.09. The first-order valence-electron chi connectivity index (χ1n) is 5.55. The molecule has 0 aliphatic rings. The Bertz CT molecular complexity index is 361. The molecular weight excluding hydrogens is 202 g/mol. The van der Waals surface area contributed by atoms with Gasteiger partial charge in [-0.3, -0.25) is 4.90 Å². The molecule has 5 nitrogen and oxygen atoms in total. The second-order valence-corrected chi connectivity index (χ2v) is 4.37. The summed E-state index contributed by atoms with van der Waals surface area (Å²) in [4.78, 5) is 6.31. The van der Waals surface area contributed by atoms with Gasteiger partial charge in [-0.05, 0) is 27.7 Å². The Morgan fingerprint density at radius 2 is 2.12 bits per heavy atom. The summed E-state index contributed by atoms with van der Waals surface area (Å²) in [5.74, 6) is 0.916. The first kappa shape index (κ1) is 12.7. The van der Waals surface area contributed by atoms with Gasteiger partial charge in [0, 0.05) is 12.1 Å². The van der Waals surface area contributed by atoms with Gasteiger partial charge in [-0.25, -0.2) is 9.67 Å². The first-order valence-corrected chi connectivity index (χ1v) is 5.55. The Morgan fingerprint density at radius 1 is 1.44 bits per heavy atom. The van der Waals surface area contributed by atoms with Gasteiger partial charge in [-0.2, -0.15) is 10.4 Å². The average molecular weight is 221 g/mol. The molecule has 0 aliphatic heterocycles. The number of hydrogen-bond acceptors (Lipinski definition) is 4. The molecule has 0 N–H and O–H groups in total. The lowest BCUT2D eigenvalue weighted by molar-refractivity contribution is 0.228. The molecule has 88 valence electrons. The summed E-state index contributed by atoms with van der Waals surface area (Å²) in [5.41, 5.74) is 0. The van der Waals surface area contributed by atoms with Gasteiger partial charge in [-0.1, -0.05) is 0 Å². The minimum atomic E-state index is 0.300. The molecule has 1 rings (SSSR count). The van der Waals surface area contributed by atoms with Crippen LogP contribution in [0.1, 0.15) is 39.6 Å². The molecule has 16 heavy (non-hydrogen) atoms. The fraction of sp³-hybridized carbons (Fsp3) is 0.727. The quantitative estimate of drug-likeness (QED) is 0.708. The fourth-order valence-corrected chi connectivity index (χ4v) is 1.51. The predicted octanol–water partition coefficient (Wildman–Crippen LogP) is 1.59. The molecule has 0 atom stereocenters. The van der Waals surface area contributed by atoms with Crippen LogP contribution < -0.4 is 0 Å². The second kappa shape index (κ2) is 5.61. The van der Waals surface area contributed by atoms with E-state index in [1.807, 2.05) is 4.68 Å². The van der Waals surface area contributed by atoms with Crippen LogP contribution in [0.15, 0.2) is 6.33 Å². The maximum Gasteiger partial charge on any atom is 0.141 e. The molecule has 0 saturated heterocycles. The normalized spacial score (nSPS) is 11.4. The van der Waals surface area contributed by atoms with E-state index in [1.165, 1.54) is 0 Å². The molecule has 1 aromatic heterocycles. The van der Waals surface area contributed by atoms with Gasteiger partial charge in [-0.15, -0.1) is 0 Å². The number of rotatable bonds is 5. The zero-order valence-corrected chi connectivity index (χ0v) is 10.4. The summed E-state index contributed by atoms with van der Waals surface area (Å²) in [5, 5.41) is 12.9. The molecule has 1 aromatic rings. The standard InChI is InChI=1S/C11H19N5/c1-9(2)15(6-5-12)7-11-13-8-14-16(11)10(3)4/h8-10H,6-7H2,1-4H3. The van der Waals surface area contributed by atoms with Crippen LogP contribution >= 0.6 is 0 Å². The van der Waals surface area contributed by atoms with Crippen molar-refractivity contribution in [3.8, 4) is 6.07 Å². The third-order valence-electron chi connectivity index (χ3n) is 2.49. The van der Waals surface area contributed by atoms with E-state index in [0.29, 0.717) is 25.2 Å². The van der Waals surface area contributed by atoms with Gasteiger partial charge in [0.2, 0.25) is 0 Å². The predicted molar refractivity (Wildman–Crippen MR) is 61.6 cm³/mol. The van der Waals surface area contributed by atoms with E-state index < -0.39 is 0 Å². The molecule has 0 amide bonds. The highest BCUT2D eigenvalue weighted by Gasteiger charge is 2.14. The number of hydrogen-bond donors (Lipinski definition) is 0. The minimum Gasteiger partial charge on any atom is -0.281 e. The third-order valence-corrected chi connectivity index (χ3v) is 2.49. The number of nitriles is 1. The maximum atomic E-state index is 8.76. The zero-order valence-electron chi connectivity index (χ0n) is 10.4. The first-order chi connectivity index (χ1) is 7.56. The van der Waals surface area contributed by atoms with E-state index in [2.05, 4.69) is 48.7 Å². The second-order valence-electron chi connectivity index (χ2n) is 4.37. The van der Waals surface area contributed by atoms with Crippen LogP contribution in [0, 0.1) is 11.3 Å². The monoisotopic (exact) mass is 221 g/mol. The van der Waals surface area contributed by atoms with Crippen molar-refractivity contribution in [2.45, 2.75) is 46.3 Å². The summed E-state index contributed by atoms with van der Waals surface area (Å²) in [6.07, 6.45) is 1.57. The summed E-state index contributed by atoms with van der Waals surface area (Å²) in [6, 6.07) is 2.81. The van der Waals surface area contributed by atoms with Crippen molar-refractivity contribution in [3.05, 3.63) is 12.2 Å². The van der Waals surface area contributed by atoms with Gasteiger partial charge in [0.25, 0.3) is 0 Å².